The molecule has 0 N–H and O–H groups in total. The van der Waals surface area contributed by atoms with Crippen LogP contribution in [0.4, 0.5) is 0 Å². The Morgan fingerprint density at radius 2 is 1.82 bits per heavy atom. The molecule has 1 unspecified atom stereocenters. The van der Waals surface area contributed by atoms with Crippen LogP contribution < -0.4 is 0 Å². The zero-order valence-electron chi connectivity index (χ0n) is 8.00. The summed E-state index contributed by atoms with van der Waals surface area (Å²) in [6.45, 7) is 5.49. The number of hydrogen-bond donors (Lipinski definition) is 0. The van der Waals surface area contributed by atoms with Crippen molar-refractivity contribution in [2.75, 3.05) is 26.1 Å². The molecule has 0 rings (SSSR count). The molecule has 0 fully saturated rings. The van der Waals surface area contributed by atoms with Crippen molar-refractivity contribution in [3.63, 3.8) is 0 Å². The van der Waals surface area contributed by atoms with Gasteiger partial charge in [0.05, 0.1) is 6.17 Å². The summed E-state index contributed by atoms with van der Waals surface area (Å²) in [6.07, 6.45) is 4.73. The third-order valence-corrected chi connectivity index (χ3v) is 3.69. The smallest absolute Gasteiger partial charge is 0.0784 e. The summed E-state index contributed by atoms with van der Waals surface area (Å²) in [6, 6.07) is 0. The highest BCUT2D eigenvalue weighted by Gasteiger charge is 2.14. The Hall–Kier alpha value is 0.620. The van der Waals surface area contributed by atoms with E-state index in [2.05, 4.69) is 42.0 Å². The topological polar surface area (TPSA) is 6.48 Å². The molecule has 2 nitrogen and oxygen atoms in total. The molecule has 0 amide bonds. The largest absolute Gasteiger partial charge is 0.237 e. The number of nitrogens with zero attached hydrogens (tertiary/aromatic N) is 2. The first-order valence-electron chi connectivity index (χ1n) is 3.75. The lowest BCUT2D eigenvalue weighted by atomic mass is 10.5. The highest BCUT2D eigenvalue weighted by molar-refractivity contribution is 7.97. The molecule has 0 aromatic heterocycles. The zero-order chi connectivity index (χ0) is 8.85. The lowest BCUT2D eigenvalue weighted by molar-refractivity contribution is 0.261. The highest BCUT2D eigenvalue weighted by Crippen LogP contribution is 2.16. The fraction of sp³-hybridized carbons (Fsp3) is 1.00. The first-order valence-corrected chi connectivity index (χ1v) is 6.11. The van der Waals surface area contributed by atoms with Crippen molar-refractivity contribution in [3.8, 4) is 0 Å². The SMILES string of the molecule is CCN(SC)C(C)N(C)SC. The van der Waals surface area contributed by atoms with Gasteiger partial charge in [-0.3, -0.25) is 0 Å². The van der Waals surface area contributed by atoms with Crippen LogP contribution in [0.25, 0.3) is 0 Å². The van der Waals surface area contributed by atoms with E-state index in [0.29, 0.717) is 6.17 Å². The molecule has 11 heavy (non-hydrogen) atoms. The van der Waals surface area contributed by atoms with E-state index in [1.165, 1.54) is 0 Å². The second-order valence-corrected chi connectivity index (χ2v) is 4.05. The lowest BCUT2D eigenvalue weighted by Crippen LogP contribution is -2.36. The maximum absolute atomic E-state index is 2.34. The zero-order valence-corrected chi connectivity index (χ0v) is 9.63. The van der Waals surface area contributed by atoms with Gasteiger partial charge in [-0.15, -0.1) is 0 Å². The van der Waals surface area contributed by atoms with Crippen molar-refractivity contribution in [2.45, 2.75) is 20.0 Å². The molecule has 0 heterocycles. The molecule has 4 heteroatoms. The van der Waals surface area contributed by atoms with E-state index in [1.807, 2.05) is 0 Å². The Bertz CT molecular complexity index is 96.4. The van der Waals surface area contributed by atoms with Gasteiger partial charge in [-0.05, 0) is 26.5 Å². The first kappa shape index (κ1) is 11.6. The molecule has 0 aliphatic heterocycles. The van der Waals surface area contributed by atoms with Crippen LogP contribution in [-0.2, 0) is 0 Å². The van der Waals surface area contributed by atoms with Crippen molar-refractivity contribution < 1.29 is 0 Å². The molecule has 0 aliphatic carbocycles. The van der Waals surface area contributed by atoms with Crippen molar-refractivity contribution in [2.24, 2.45) is 0 Å². The Morgan fingerprint density at radius 3 is 2.09 bits per heavy atom. The third kappa shape index (κ3) is 3.69. The molecule has 0 bridgehead atoms. The van der Waals surface area contributed by atoms with Gasteiger partial charge in [-0.1, -0.05) is 30.8 Å². The standard InChI is InChI=1S/C7H18N2S2/c1-6-9(11-5)7(2)8(3)10-4/h7H,6H2,1-5H3. The van der Waals surface area contributed by atoms with Crippen molar-refractivity contribution in [3.05, 3.63) is 0 Å². The Kier molecular flexibility index (Phi) is 6.52. The minimum absolute atomic E-state index is 0.505. The minimum Gasteiger partial charge on any atom is -0.237 e. The molecular formula is C7H18N2S2. The predicted octanol–water partition coefficient (Wildman–Crippen LogP) is 2.14. The normalized spacial score (nSPS) is 14.5. The van der Waals surface area contributed by atoms with Gasteiger partial charge >= 0.3 is 0 Å². The maximum atomic E-state index is 2.34. The van der Waals surface area contributed by atoms with Gasteiger partial charge in [-0.25, -0.2) is 8.61 Å². The van der Waals surface area contributed by atoms with Gasteiger partial charge in [-0.2, -0.15) is 0 Å². The molecule has 0 saturated carbocycles. The van der Waals surface area contributed by atoms with Crippen LogP contribution >= 0.6 is 23.9 Å². The second kappa shape index (κ2) is 6.17. The van der Waals surface area contributed by atoms with Crippen LogP contribution in [0.15, 0.2) is 0 Å². The second-order valence-electron chi connectivity index (χ2n) is 2.28. The number of hydrogen-bond acceptors (Lipinski definition) is 4. The van der Waals surface area contributed by atoms with E-state index >= 15 is 0 Å². The highest BCUT2D eigenvalue weighted by atomic mass is 32.2. The average Bonchev–Trinajstić information content (AvgIpc) is 2.05. The van der Waals surface area contributed by atoms with E-state index in [-0.39, 0.29) is 0 Å². The molecule has 68 valence electrons. The number of rotatable bonds is 5. The first-order chi connectivity index (χ1) is 5.17. The molecule has 1 atom stereocenters. The van der Waals surface area contributed by atoms with E-state index in [4.69, 9.17) is 0 Å². The summed E-state index contributed by atoms with van der Waals surface area (Å²) in [5, 5.41) is 0. The van der Waals surface area contributed by atoms with Gasteiger partial charge < -0.3 is 0 Å². The van der Waals surface area contributed by atoms with E-state index in [1.54, 1.807) is 23.9 Å². The van der Waals surface area contributed by atoms with Crippen molar-refractivity contribution >= 4 is 23.9 Å². The van der Waals surface area contributed by atoms with Crippen LogP contribution in [0.5, 0.6) is 0 Å². The molecule has 0 saturated heterocycles. The Labute approximate surface area is 79.0 Å². The van der Waals surface area contributed by atoms with Gasteiger partial charge in [0.15, 0.2) is 0 Å². The summed E-state index contributed by atoms with van der Waals surface area (Å²) >= 11 is 3.57. The van der Waals surface area contributed by atoms with Gasteiger partial charge in [0.2, 0.25) is 0 Å². The summed E-state index contributed by atoms with van der Waals surface area (Å²) in [7, 11) is 2.12. The summed E-state index contributed by atoms with van der Waals surface area (Å²) < 4.78 is 4.59. The van der Waals surface area contributed by atoms with Crippen molar-refractivity contribution in [1.29, 1.82) is 0 Å². The van der Waals surface area contributed by atoms with Crippen LogP contribution in [0.3, 0.4) is 0 Å². The summed E-state index contributed by atoms with van der Waals surface area (Å²) in [5.41, 5.74) is 0. The molecule has 0 aromatic rings. The lowest BCUT2D eigenvalue weighted by Gasteiger charge is -2.31. The predicted molar refractivity (Wildman–Crippen MR) is 56.6 cm³/mol. The molecule has 0 aliphatic rings. The average molecular weight is 194 g/mol. The third-order valence-electron chi connectivity index (χ3n) is 1.78. The summed E-state index contributed by atoms with van der Waals surface area (Å²) in [4.78, 5) is 0. The molecular weight excluding hydrogens is 176 g/mol. The van der Waals surface area contributed by atoms with Gasteiger partial charge in [0, 0.05) is 6.54 Å². The van der Waals surface area contributed by atoms with Crippen molar-refractivity contribution in [1.82, 2.24) is 8.61 Å². The van der Waals surface area contributed by atoms with Crippen LogP contribution in [0, 0.1) is 0 Å². The molecule has 0 radical (unpaired) electrons. The monoisotopic (exact) mass is 194 g/mol. The summed E-state index contributed by atoms with van der Waals surface area (Å²) in [5.74, 6) is 0. The van der Waals surface area contributed by atoms with Crippen LogP contribution in [0.2, 0.25) is 0 Å². The van der Waals surface area contributed by atoms with E-state index < -0.39 is 0 Å². The van der Waals surface area contributed by atoms with E-state index in [0.717, 1.165) is 6.54 Å². The fourth-order valence-electron chi connectivity index (χ4n) is 0.880. The maximum Gasteiger partial charge on any atom is 0.0784 e. The van der Waals surface area contributed by atoms with Crippen LogP contribution in [0.1, 0.15) is 13.8 Å². The molecule has 0 spiro atoms. The minimum atomic E-state index is 0.505. The van der Waals surface area contributed by atoms with Gasteiger partial charge in [0.25, 0.3) is 0 Å². The van der Waals surface area contributed by atoms with Crippen LogP contribution in [-0.4, -0.2) is 40.9 Å². The molecule has 0 aromatic carbocycles. The van der Waals surface area contributed by atoms with Gasteiger partial charge in [0.1, 0.15) is 0 Å². The quantitative estimate of drug-likeness (QED) is 0.488. The Morgan fingerprint density at radius 1 is 1.27 bits per heavy atom. The van der Waals surface area contributed by atoms with E-state index in [9.17, 15) is 0 Å². The Balaban J connectivity index is 3.86. The fourth-order valence-corrected chi connectivity index (χ4v) is 2.06.